The summed E-state index contributed by atoms with van der Waals surface area (Å²) in [6.45, 7) is 11.2. The zero-order valence-corrected chi connectivity index (χ0v) is 10.8. The van der Waals surface area contributed by atoms with Crippen LogP contribution in [0.4, 0.5) is 0 Å². The van der Waals surface area contributed by atoms with Crippen LogP contribution in [-0.2, 0) is 4.74 Å². The van der Waals surface area contributed by atoms with Crippen LogP contribution < -0.4 is 5.32 Å². The third-order valence-electron chi connectivity index (χ3n) is 3.51. The van der Waals surface area contributed by atoms with Gasteiger partial charge in [-0.25, -0.2) is 0 Å². The van der Waals surface area contributed by atoms with Crippen molar-refractivity contribution < 1.29 is 4.74 Å². The molecule has 2 nitrogen and oxygen atoms in total. The second-order valence-corrected chi connectivity index (χ2v) is 5.30. The maximum Gasteiger partial charge on any atom is 0.0612 e. The molecule has 0 aromatic heterocycles. The molecule has 3 atom stereocenters. The Morgan fingerprint density at radius 1 is 1.33 bits per heavy atom. The van der Waals surface area contributed by atoms with E-state index in [2.05, 4.69) is 33.0 Å². The quantitative estimate of drug-likeness (QED) is 0.758. The minimum atomic E-state index is 0.466. The lowest BCUT2D eigenvalue weighted by atomic mass is 9.95. The van der Waals surface area contributed by atoms with Crippen LogP contribution in [0.1, 0.15) is 47.0 Å². The van der Waals surface area contributed by atoms with E-state index in [0.29, 0.717) is 18.1 Å². The molecule has 0 aliphatic carbocycles. The van der Waals surface area contributed by atoms with Gasteiger partial charge >= 0.3 is 0 Å². The molecular weight excluding hydrogens is 186 g/mol. The van der Waals surface area contributed by atoms with E-state index in [4.69, 9.17) is 4.74 Å². The van der Waals surface area contributed by atoms with E-state index >= 15 is 0 Å². The third kappa shape index (κ3) is 4.52. The van der Waals surface area contributed by atoms with E-state index in [1.165, 1.54) is 19.3 Å². The van der Waals surface area contributed by atoms with Gasteiger partial charge in [0, 0.05) is 12.6 Å². The number of hydrogen-bond acceptors (Lipinski definition) is 2. The van der Waals surface area contributed by atoms with Crippen LogP contribution in [0.3, 0.4) is 0 Å². The van der Waals surface area contributed by atoms with Gasteiger partial charge in [-0.2, -0.15) is 0 Å². The molecule has 1 aliphatic rings. The van der Waals surface area contributed by atoms with Crippen LogP contribution in [0, 0.1) is 11.8 Å². The second-order valence-electron chi connectivity index (χ2n) is 5.30. The highest BCUT2D eigenvalue weighted by molar-refractivity contribution is 4.78. The Kier molecular flexibility index (Phi) is 5.62. The number of hydrogen-bond donors (Lipinski definition) is 1. The van der Waals surface area contributed by atoms with Crippen LogP contribution in [0.15, 0.2) is 0 Å². The summed E-state index contributed by atoms with van der Waals surface area (Å²) >= 11 is 0. The Hall–Kier alpha value is -0.0800. The van der Waals surface area contributed by atoms with Crippen molar-refractivity contribution in [2.45, 2.75) is 59.1 Å². The van der Waals surface area contributed by atoms with Crippen LogP contribution in [0.25, 0.3) is 0 Å². The van der Waals surface area contributed by atoms with Gasteiger partial charge in [0.15, 0.2) is 0 Å². The maximum atomic E-state index is 5.76. The van der Waals surface area contributed by atoms with Crippen molar-refractivity contribution in [1.82, 2.24) is 5.32 Å². The summed E-state index contributed by atoms with van der Waals surface area (Å²) in [7, 11) is 0. The van der Waals surface area contributed by atoms with E-state index in [0.717, 1.165) is 19.1 Å². The Balaban J connectivity index is 2.24. The smallest absolute Gasteiger partial charge is 0.0612 e. The minimum Gasteiger partial charge on any atom is -0.378 e. The van der Waals surface area contributed by atoms with Gasteiger partial charge in [0.25, 0.3) is 0 Å². The molecule has 1 fully saturated rings. The zero-order chi connectivity index (χ0) is 11.3. The monoisotopic (exact) mass is 213 g/mol. The first-order chi connectivity index (χ1) is 7.13. The van der Waals surface area contributed by atoms with E-state index in [9.17, 15) is 0 Å². The molecule has 1 N–H and O–H groups in total. The summed E-state index contributed by atoms with van der Waals surface area (Å²) in [5, 5.41) is 3.68. The lowest BCUT2D eigenvalue weighted by Gasteiger charge is -2.33. The second kappa shape index (κ2) is 6.49. The Bertz CT molecular complexity index is 170. The molecule has 0 radical (unpaired) electrons. The fourth-order valence-corrected chi connectivity index (χ4v) is 1.99. The molecule has 0 amide bonds. The van der Waals surface area contributed by atoms with Crippen molar-refractivity contribution in [1.29, 1.82) is 0 Å². The predicted octanol–water partition coefficient (Wildman–Crippen LogP) is 2.83. The molecule has 0 aromatic carbocycles. The van der Waals surface area contributed by atoms with Crippen LogP contribution >= 0.6 is 0 Å². The fourth-order valence-electron chi connectivity index (χ4n) is 1.99. The molecule has 1 heterocycles. The van der Waals surface area contributed by atoms with Crippen molar-refractivity contribution in [2.75, 3.05) is 13.2 Å². The lowest BCUT2D eigenvalue weighted by molar-refractivity contribution is -0.0247. The molecule has 2 heteroatoms. The van der Waals surface area contributed by atoms with Gasteiger partial charge in [-0.1, -0.05) is 34.1 Å². The van der Waals surface area contributed by atoms with Gasteiger partial charge < -0.3 is 10.1 Å². The number of ether oxygens (including phenoxy) is 1. The summed E-state index contributed by atoms with van der Waals surface area (Å²) in [5.41, 5.74) is 0. The maximum absolute atomic E-state index is 5.76. The van der Waals surface area contributed by atoms with Gasteiger partial charge in [0.2, 0.25) is 0 Å². The van der Waals surface area contributed by atoms with Crippen LogP contribution in [-0.4, -0.2) is 25.3 Å². The van der Waals surface area contributed by atoms with Gasteiger partial charge in [-0.15, -0.1) is 0 Å². The van der Waals surface area contributed by atoms with Crippen molar-refractivity contribution >= 4 is 0 Å². The highest BCUT2D eigenvalue weighted by atomic mass is 16.5. The van der Waals surface area contributed by atoms with Crippen molar-refractivity contribution in [3.63, 3.8) is 0 Å². The SMILES string of the molecule is CCC(C)CNC1CCOC(C(C)C)C1. The third-order valence-corrected chi connectivity index (χ3v) is 3.51. The van der Waals surface area contributed by atoms with E-state index in [1.54, 1.807) is 0 Å². The Morgan fingerprint density at radius 2 is 2.07 bits per heavy atom. The number of nitrogens with one attached hydrogen (secondary N) is 1. The lowest BCUT2D eigenvalue weighted by Crippen LogP contribution is -2.42. The Labute approximate surface area is 94.8 Å². The molecule has 1 saturated heterocycles. The average Bonchev–Trinajstić information content (AvgIpc) is 2.26. The first kappa shape index (κ1) is 13.0. The van der Waals surface area contributed by atoms with Gasteiger partial charge in [-0.05, 0) is 31.2 Å². The molecule has 0 aromatic rings. The normalized spacial score (nSPS) is 29.4. The first-order valence-corrected chi connectivity index (χ1v) is 6.48. The van der Waals surface area contributed by atoms with Crippen molar-refractivity contribution in [2.24, 2.45) is 11.8 Å². The molecule has 90 valence electrons. The van der Waals surface area contributed by atoms with Crippen LogP contribution in [0.2, 0.25) is 0 Å². The standard InChI is InChI=1S/C13H27NO/c1-5-11(4)9-14-12-6-7-15-13(8-12)10(2)3/h10-14H,5-9H2,1-4H3. The van der Waals surface area contributed by atoms with Crippen LogP contribution in [0.5, 0.6) is 0 Å². The molecule has 0 saturated carbocycles. The molecule has 1 aliphatic heterocycles. The number of rotatable bonds is 5. The molecule has 15 heavy (non-hydrogen) atoms. The topological polar surface area (TPSA) is 21.3 Å². The predicted molar refractivity (Wildman–Crippen MR) is 65.1 cm³/mol. The summed E-state index contributed by atoms with van der Waals surface area (Å²) in [5.74, 6) is 1.45. The molecular formula is C13H27NO. The van der Waals surface area contributed by atoms with Gasteiger partial charge in [0.05, 0.1) is 6.10 Å². The first-order valence-electron chi connectivity index (χ1n) is 6.48. The molecule has 0 spiro atoms. The Morgan fingerprint density at radius 3 is 2.67 bits per heavy atom. The van der Waals surface area contributed by atoms with Gasteiger partial charge in [-0.3, -0.25) is 0 Å². The highest BCUT2D eigenvalue weighted by Crippen LogP contribution is 2.20. The molecule has 1 rings (SSSR count). The van der Waals surface area contributed by atoms with Gasteiger partial charge in [0.1, 0.15) is 0 Å². The minimum absolute atomic E-state index is 0.466. The summed E-state index contributed by atoms with van der Waals surface area (Å²) in [6.07, 6.45) is 4.10. The summed E-state index contributed by atoms with van der Waals surface area (Å²) in [6, 6.07) is 0.681. The van der Waals surface area contributed by atoms with E-state index < -0.39 is 0 Å². The summed E-state index contributed by atoms with van der Waals surface area (Å²) in [4.78, 5) is 0. The fraction of sp³-hybridized carbons (Fsp3) is 1.00. The molecule has 0 bridgehead atoms. The highest BCUT2D eigenvalue weighted by Gasteiger charge is 2.24. The zero-order valence-electron chi connectivity index (χ0n) is 10.8. The molecule has 3 unspecified atom stereocenters. The van der Waals surface area contributed by atoms with E-state index in [1.807, 2.05) is 0 Å². The summed E-state index contributed by atoms with van der Waals surface area (Å²) < 4.78 is 5.76. The van der Waals surface area contributed by atoms with E-state index in [-0.39, 0.29) is 0 Å². The average molecular weight is 213 g/mol. The largest absolute Gasteiger partial charge is 0.378 e. The van der Waals surface area contributed by atoms with Crippen molar-refractivity contribution in [3.8, 4) is 0 Å². The van der Waals surface area contributed by atoms with Crippen molar-refractivity contribution in [3.05, 3.63) is 0 Å².